The van der Waals surface area contributed by atoms with Crippen molar-refractivity contribution in [2.24, 2.45) is 5.92 Å². The van der Waals surface area contributed by atoms with Gasteiger partial charge in [-0.05, 0) is 38.3 Å². The molecule has 0 atom stereocenters. The summed E-state index contributed by atoms with van der Waals surface area (Å²) in [6.45, 7) is 1.49. The van der Waals surface area contributed by atoms with Crippen LogP contribution >= 0.6 is 11.6 Å². The second kappa shape index (κ2) is 5.45. The summed E-state index contributed by atoms with van der Waals surface area (Å²) in [6, 6.07) is 0. The first-order valence-electron chi connectivity index (χ1n) is 5.73. The van der Waals surface area contributed by atoms with Gasteiger partial charge in [0.1, 0.15) is 5.02 Å². The standard InChI is InChI=1S/C12H12ClF4N/c13-8-11(16)9(14)7(10(15)12(8)17)5-6-1-3-18-4-2-6/h6,18H,1-5H2. The van der Waals surface area contributed by atoms with E-state index in [4.69, 9.17) is 11.6 Å². The van der Waals surface area contributed by atoms with Crippen molar-refractivity contribution in [2.75, 3.05) is 13.1 Å². The highest BCUT2D eigenvalue weighted by Crippen LogP contribution is 2.30. The predicted octanol–water partition coefficient (Wildman–Crippen LogP) is 3.44. The third-order valence-electron chi connectivity index (χ3n) is 3.25. The van der Waals surface area contributed by atoms with Gasteiger partial charge >= 0.3 is 0 Å². The summed E-state index contributed by atoms with van der Waals surface area (Å²) in [5, 5.41) is 1.98. The van der Waals surface area contributed by atoms with Crippen LogP contribution in [0.3, 0.4) is 0 Å². The Kier molecular flexibility index (Phi) is 4.12. The van der Waals surface area contributed by atoms with Gasteiger partial charge < -0.3 is 5.32 Å². The van der Waals surface area contributed by atoms with Crippen molar-refractivity contribution in [1.82, 2.24) is 5.32 Å². The lowest BCUT2D eigenvalue weighted by atomic mass is 9.90. The Balaban J connectivity index is 2.32. The van der Waals surface area contributed by atoms with Gasteiger partial charge in [-0.25, -0.2) is 17.6 Å². The zero-order valence-corrected chi connectivity index (χ0v) is 10.3. The van der Waals surface area contributed by atoms with Gasteiger partial charge in [-0.1, -0.05) is 11.6 Å². The van der Waals surface area contributed by atoms with E-state index in [-0.39, 0.29) is 12.3 Å². The van der Waals surface area contributed by atoms with Gasteiger partial charge in [0.15, 0.2) is 23.3 Å². The molecule has 0 aliphatic carbocycles. The van der Waals surface area contributed by atoms with Gasteiger partial charge in [0.05, 0.1) is 0 Å². The van der Waals surface area contributed by atoms with E-state index in [0.29, 0.717) is 0 Å². The molecule has 1 saturated heterocycles. The molecule has 2 rings (SSSR count). The Hall–Kier alpha value is -0.810. The SMILES string of the molecule is Fc1c(F)c(CC2CCNCC2)c(F)c(F)c1Cl. The monoisotopic (exact) mass is 281 g/mol. The molecule has 1 aliphatic rings. The lowest BCUT2D eigenvalue weighted by Gasteiger charge is -2.23. The van der Waals surface area contributed by atoms with E-state index in [2.05, 4.69) is 5.32 Å². The molecule has 0 bridgehead atoms. The van der Waals surface area contributed by atoms with E-state index in [1.165, 1.54) is 0 Å². The number of halogens is 5. The highest BCUT2D eigenvalue weighted by atomic mass is 35.5. The number of benzene rings is 1. The van der Waals surface area contributed by atoms with Crippen molar-refractivity contribution in [3.63, 3.8) is 0 Å². The van der Waals surface area contributed by atoms with Gasteiger partial charge in [0.25, 0.3) is 0 Å². The van der Waals surface area contributed by atoms with Crippen LogP contribution in [0.2, 0.25) is 5.02 Å². The van der Waals surface area contributed by atoms with E-state index in [1.54, 1.807) is 0 Å². The number of rotatable bonds is 2. The summed E-state index contributed by atoms with van der Waals surface area (Å²) in [5.41, 5.74) is -0.540. The quantitative estimate of drug-likeness (QED) is 0.497. The van der Waals surface area contributed by atoms with Gasteiger partial charge in [-0.2, -0.15) is 0 Å². The summed E-state index contributed by atoms with van der Waals surface area (Å²) in [7, 11) is 0. The summed E-state index contributed by atoms with van der Waals surface area (Å²) < 4.78 is 53.7. The van der Waals surface area contributed by atoms with E-state index >= 15 is 0 Å². The van der Waals surface area contributed by atoms with Crippen molar-refractivity contribution in [3.8, 4) is 0 Å². The van der Waals surface area contributed by atoms with Crippen molar-refractivity contribution in [1.29, 1.82) is 0 Å². The predicted molar refractivity (Wildman–Crippen MR) is 60.6 cm³/mol. The number of hydrogen-bond acceptors (Lipinski definition) is 1. The minimum Gasteiger partial charge on any atom is -0.317 e. The Morgan fingerprint density at radius 2 is 1.44 bits per heavy atom. The van der Waals surface area contributed by atoms with Gasteiger partial charge in [0.2, 0.25) is 0 Å². The molecule has 1 N–H and O–H groups in total. The Morgan fingerprint density at radius 3 is 1.94 bits per heavy atom. The van der Waals surface area contributed by atoms with Crippen molar-refractivity contribution < 1.29 is 17.6 Å². The highest BCUT2D eigenvalue weighted by Gasteiger charge is 2.26. The Bertz CT molecular complexity index is 429. The molecule has 1 fully saturated rings. The van der Waals surface area contributed by atoms with E-state index < -0.39 is 33.9 Å². The summed E-state index contributed by atoms with van der Waals surface area (Å²) >= 11 is 5.16. The fourth-order valence-electron chi connectivity index (χ4n) is 2.20. The number of hydrogen-bond donors (Lipinski definition) is 1. The summed E-state index contributed by atoms with van der Waals surface area (Å²) in [4.78, 5) is 0. The average molecular weight is 282 g/mol. The van der Waals surface area contributed by atoms with Crippen molar-refractivity contribution in [3.05, 3.63) is 33.9 Å². The van der Waals surface area contributed by atoms with E-state index in [0.717, 1.165) is 25.9 Å². The molecule has 100 valence electrons. The third-order valence-corrected chi connectivity index (χ3v) is 3.58. The zero-order chi connectivity index (χ0) is 13.3. The third kappa shape index (κ3) is 2.47. The first-order valence-corrected chi connectivity index (χ1v) is 6.11. The van der Waals surface area contributed by atoms with Crippen LogP contribution in [-0.4, -0.2) is 13.1 Å². The smallest absolute Gasteiger partial charge is 0.180 e. The molecule has 1 nitrogen and oxygen atoms in total. The highest BCUT2D eigenvalue weighted by molar-refractivity contribution is 6.30. The Morgan fingerprint density at radius 1 is 0.944 bits per heavy atom. The lowest BCUT2D eigenvalue weighted by molar-refractivity contribution is 0.354. The molecule has 1 aromatic rings. The molecule has 0 radical (unpaired) electrons. The minimum atomic E-state index is -1.51. The molecule has 1 heterocycles. The molecule has 0 aromatic heterocycles. The van der Waals surface area contributed by atoms with Crippen LogP contribution in [0.15, 0.2) is 0 Å². The molecule has 1 aliphatic heterocycles. The first kappa shape index (κ1) is 13.6. The van der Waals surface area contributed by atoms with Crippen LogP contribution in [0, 0.1) is 29.2 Å². The van der Waals surface area contributed by atoms with Crippen LogP contribution in [0.4, 0.5) is 17.6 Å². The zero-order valence-electron chi connectivity index (χ0n) is 9.50. The molecule has 18 heavy (non-hydrogen) atoms. The van der Waals surface area contributed by atoms with Gasteiger partial charge in [-0.15, -0.1) is 0 Å². The van der Waals surface area contributed by atoms with Crippen LogP contribution in [0.5, 0.6) is 0 Å². The first-order chi connectivity index (χ1) is 8.52. The maximum absolute atomic E-state index is 13.6. The van der Waals surface area contributed by atoms with Gasteiger partial charge in [-0.3, -0.25) is 0 Å². The molecule has 0 saturated carbocycles. The molecule has 0 unspecified atom stereocenters. The fourth-order valence-corrected chi connectivity index (χ4v) is 2.37. The van der Waals surface area contributed by atoms with Crippen LogP contribution in [0.25, 0.3) is 0 Å². The topological polar surface area (TPSA) is 12.0 Å². The Labute approximate surface area is 107 Å². The van der Waals surface area contributed by atoms with Crippen LogP contribution < -0.4 is 5.32 Å². The van der Waals surface area contributed by atoms with Gasteiger partial charge in [0, 0.05) is 5.56 Å². The van der Waals surface area contributed by atoms with Crippen molar-refractivity contribution >= 4 is 11.6 Å². The van der Waals surface area contributed by atoms with Crippen LogP contribution in [0.1, 0.15) is 18.4 Å². The maximum atomic E-state index is 13.6. The molecule has 0 spiro atoms. The average Bonchev–Trinajstić information content (AvgIpc) is 2.40. The van der Waals surface area contributed by atoms with Crippen molar-refractivity contribution in [2.45, 2.75) is 19.3 Å². The van der Waals surface area contributed by atoms with E-state index in [1.807, 2.05) is 0 Å². The second-order valence-corrected chi connectivity index (χ2v) is 4.82. The molecule has 6 heteroatoms. The number of piperidine rings is 1. The summed E-state index contributed by atoms with van der Waals surface area (Å²) in [5.74, 6) is -5.76. The van der Waals surface area contributed by atoms with Crippen LogP contribution in [-0.2, 0) is 6.42 Å². The molecule has 1 aromatic carbocycles. The normalized spacial score (nSPS) is 17.2. The number of nitrogens with one attached hydrogen (secondary N) is 1. The summed E-state index contributed by atoms with van der Waals surface area (Å²) in [6.07, 6.45) is 1.44. The second-order valence-electron chi connectivity index (χ2n) is 4.45. The fraction of sp³-hybridized carbons (Fsp3) is 0.500. The van der Waals surface area contributed by atoms with E-state index in [9.17, 15) is 17.6 Å². The molecular weight excluding hydrogens is 270 g/mol. The minimum absolute atomic E-state index is 0.00957. The molecule has 0 amide bonds. The largest absolute Gasteiger partial charge is 0.317 e. The molecular formula is C12H12ClF4N. The maximum Gasteiger partial charge on any atom is 0.180 e. The lowest BCUT2D eigenvalue weighted by Crippen LogP contribution is -2.29.